The number of benzene rings is 2. The largest absolute Gasteiger partial charge is 0.490 e. The van der Waals surface area contributed by atoms with Crippen LogP contribution in [0.1, 0.15) is 24.2 Å². The molecule has 1 amide bonds. The molecule has 0 radical (unpaired) electrons. The molecular formula is C30H26ClN5O4. The van der Waals surface area contributed by atoms with Gasteiger partial charge in [-0.05, 0) is 55.0 Å². The Morgan fingerprint density at radius 2 is 1.95 bits per heavy atom. The summed E-state index contributed by atoms with van der Waals surface area (Å²) in [5, 5.41) is 5.89. The van der Waals surface area contributed by atoms with Crippen LogP contribution >= 0.6 is 11.6 Å². The van der Waals surface area contributed by atoms with Crippen LogP contribution in [0, 0.1) is 6.92 Å². The van der Waals surface area contributed by atoms with Gasteiger partial charge < -0.3 is 14.4 Å². The highest BCUT2D eigenvalue weighted by atomic mass is 35.5. The van der Waals surface area contributed by atoms with Crippen molar-refractivity contribution < 1.29 is 14.3 Å². The second-order valence-electron chi connectivity index (χ2n) is 10.3. The summed E-state index contributed by atoms with van der Waals surface area (Å²) in [5.74, 6) is 1.18. The molecule has 3 aromatic heterocycles. The zero-order valence-electron chi connectivity index (χ0n) is 21.8. The van der Waals surface area contributed by atoms with Crippen LogP contribution in [0.4, 0.5) is 4.79 Å². The Balaban J connectivity index is 1.32. The van der Waals surface area contributed by atoms with Crippen molar-refractivity contribution in [3.05, 3.63) is 93.6 Å². The van der Waals surface area contributed by atoms with Crippen molar-refractivity contribution in [3.8, 4) is 17.0 Å². The van der Waals surface area contributed by atoms with Crippen molar-refractivity contribution in [2.24, 2.45) is 0 Å². The van der Waals surface area contributed by atoms with E-state index in [1.165, 1.54) is 0 Å². The van der Waals surface area contributed by atoms with Crippen molar-refractivity contribution >= 4 is 34.1 Å². The first-order valence-electron chi connectivity index (χ1n) is 13.3. The molecule has 10 heteroatoms. The number of rotatable bonds is 5. The minimum absolute atomic E-state index is 0.00808. The van der Waals surface area contributed by atoms with Gasteiger partial charge in [-0.2, -0.15) is 5.10 Å². The Labute approximate surface area is 234 Å². The molecule has 9 nitrogen and oxygen atoms in total. The Morgan fingerprint density at radius 3 is 2.77 bits per heavy atom. The third kappa shape index (κ3) is 4.36. The second kappa shape index (κ2) is 9.67. The number of halogens is 1. The van der Waals surface area contributed by atoms with E-state index in [1.54, 1.807) is 15.5 Å². The minimum atomic E-state index is -0.262. The van der Waals surface area contributed by atoms with E-state index in [4.69, 9.17) is 31.2 Å². The summed E-state index contributed by atoms with van der Waals surface area (Å²) in [6.07, 6.45) is 2.81. The van der Waals surface area contributed by atoms with E-state index in [0.717, 1.165) is 22.3 Å². The lowest BCUT2D eigenvalue weighted by Gasteiger charge is -2.33. The van der Waals surface area contributed by atoms with Crippen LogP contribution in [0.2, 0.25) is 5.02 Å². The van der Waals surface area contributed by atoms with Crippen LogP contribution in [0.15, 0.2) is 71.7 Å². The first kappa shape index (κ1) is 24.7. The molecule has 0 saturated carbocycles. The SMILES string of the molecule is Cc1nc2cc(-c3cc4ccccn4n3)c(O[C@H]3CCN4C(=O)OC[C@@H]4C3)cc2c(=O)n1Cc1ccc(Cl)cc1. The maximum atomic E-state index is 13.8. The molecule has 7 rings (SSSR count). The molecule has 40 heavy (non-hydrogen) atoms. The lowest BCUT2D eigenvalue weighted by Crippen LogP contribution is -2.44. The number of ether oxygens (including phenoxy) is 2. The number of cyclic esters (lactones) is 1. The lowest BCUT2D eigenvalue weighted by molar-refractivity contribution is 0.0941. The van der Waals surface area contributed by atoms with Crippen LogP contribution in [-0.4, -0.2) is 55.5 Å². The lowest BCUT2D eigenvalue weighted by atomic mass is 10.0. The van der Waals surface area contributed by atoms with E-state index in [9.17, 15) is 9.59 Å². The zero-order valence-corrected chi connectivity index (χ0v) is 22.5. The average molecular weight is 556 g/mol. The molecule has 202 valence electrons. The van der Waals surface area contributed by atoms with E-state index in [0.29, 0.717) is 60.0 Å². The number of nitrogens with zero attached hydrogens (tertiary/aromatic N) is 5. The van der Waals surface area contributed by atoms with Crippen molar-refractivity contribution in [2.75, 3.05) is 13.2 Å². The van der Waals surface area contributed by atoms with E-state index >= 15 is 0 Å². The van der Waals surface area contributed by atoms with Gasteiger partial charge in [0, 0.05) is 36.2 Å². The summed E-state index contributed by atoms with van der Waals surface area (Å²) in [7, 11) is 0. The summed E-state index contributed by atoms with van der Waals surface area (Å²) in [4.78, 5) is 32.4. The van der Waals surface area contributed by atoms with Crippen molar-refractivity contribution in [1.29, 1.82) is 0 Å². The van der Waals surface area contributed by atoms with Gasteiger partial charge in [0.2, 0.25) is 0 Å². The fourth-order valence-corrected chi connectivity index (χ4v) is 5.76. The number of carbonyl (C=O) groups is 1. The van der Waals surface area contributed by atoms with Gasteiger partial charge in [0.05, 0.1) is 34.7 Å². The topological polar surface area (TPSA) is 91.0 Å². The standard InChI is InChI=1S/C30H26ClN5O4/c1-18-32-26-14-24(27-13-21-4-2-3-10-36(21)33-27)28(40-23-9-11-34-22(12-23)17-39-30(34)38)15-25(26)29(37)35(18)16-19-5-7-20(31)8-6-19/h2-8,10,13-15,22-23H,9,11-12,16-17H2,1H3/t22-,23-/m0/s1. The van der Waals surface area contributed by atoms with Crippen LogP contribution in [0.3, 0.4) is 0 Å². The van der Waals surface area contributed by atoms with Crippen LogP contribution in [0.5, 0.6) is 5.75 Å². The predicted octanol–water partition coefficient (Wildman–Crippen LogP) is 5.08. The van der Waals surface area contributed by atoms with Gasteiger partial charge in [-0.15, -0.1) is 0 Å². The van der Waals surface area contributed by atoms with Crippen molar-refractivity contribution in [2.45, 2.75) is 38.5 Å². The van der Waals surface area contributed by atoms with Crippen LogP contribution in [-0.2, 0) is 11.3 Å². The van der Waals surface area contributed by atoms with Crippen molar-refractivity contribution in [1.82, 2.24) is 24.1 Å². The first-order valence-corrected chi connectivity index (χ1v) is 13.7. The maximum Gasteiger partial charge on any atom is 0.410 e. The van der Waals surface area contributed by atoms with E-state index < -0.39 is 0 Å². The molecule has 2 fully saturated rings. The Morgan fingerprint density at radius 1 is 1.10 bits per heavy atom. The summed E-state index contributed by atoms with van der Waals surface area (Å²) in [6, 6.07) is 19.0. The van der Waals surface area contributed by atoms with Gasteiger partial charge in [0.15, 0.2) is 0 Å². The highest BCUT2D eigenvalue weighted by Crippen LogP contribution is 2.36. The number of piperidine rings is 1. The summed E-state index contributed by atoms with van der Waals surface area (Å²) in [5.41, 5.74) is 3.82. The fourth-order valence-electron chi connectivity index (χ4n) is 5.63. The molecule has 0 bridgehead atoms. The molecule has 0 unspecified atom stereocenters. The average Bonchev–Trinajstić information content (AvgIpc) is 3.55. The second-order valence-corrected chi connectivity index (χ2v) is 10.8. The smallest absolute Gasteiger partial charge is 0.410 e. The first-order chi connectivity index (χ1) is 19.4. The number of carbonyl (C=O) groups excluding carboxylic acids is 1. The van der Waals surface area contributed by atoms with Crippen LogP contribution < -0.4 is 10.3 Å². The van der Waals surface area contributed by atoms with Gasteiger partial charge >= 0.3 is 6.09 Å². The molecule has 2 aliphatic heterocycles. The Hall–Kier alpha value is -4.37. The number of aryl methyl sites for hydroxylation is 1. The molecule has 2 atom stereocenters. The highest BCUT2D eigenvalue weighted by Gasteiger charge is 2.39. The molecule has 0 aliphatic carbocycles. The highest BCUT2D eigenvalue weighted by molar-refractivity contribution is 6.30. The molecule has 0 spiro atoms. The number of fused-ring (bicyclic) bond motifs is 3. The van der Waals surface area contributed by atoms with Crippen LogP contribution in [0.25, 0.3) is 27.7 Å². The van der Waals surface area contributed by atoms with E-state index in [1.807, 2.05) is 72.2 Å². The third-order valence-corrected chi connectivity index (χ3v) is 7.99. The third-order valence-electron chi connectivity index (χ3n) is 7.74. The molecule has 2 aliphatic rings. The molecule has 2 aromatic carbocycles. The Bertz CT molecular complexity index is 1800. The van der Waals surface area contributed by atoms with Gasteiger partial charge in [-0.25, -0.2) is 14.3 Å². The van der Waals surface area contributed by atoms with Gasteiger partial charge in [0.1, 0.15) is 24.3 Å². The number of hydrogen-bond acceptors (Lipinski definition) is 6. The fraction of sp³-hybridized carbons (Fsp3) is 0.267. The minimum Gasteiger partial charge on any atom is -0.490 e. The van der Waals surface area contributed by atoms with E-state index in [-0.39, 0.29) is 23.8 Å². The van der Waals surface area contributed by atoms with Gasteiger partial charge in [0.25, 0.3) is 5.56 Å². The number of amides is 1. The summed E-state index contributed by atoms with van der Waals surface area (Å²) in [6.45, 7) is 3.15. The van der Waals surface area contributed by atoms with Gasteiger partial charge in [-0.3, -0.25) is 9.36 Å². The number of hydrogen-bond donors (Lipinski definition) is 0. The Kier molecular flexibility index (Phi) is 5.96. The monoisotopic (exact) mass is 555 g/mol. The number of pyridine rings is 1. The number of aromatic nitrogens is 4. The molecule has 2 saturated heterocycles. The summed E-state index contributed by atoms with van der Waals surface area (Å²) >= 11 is 6.05. The normalized spacial score (nSPS) is 18.8. The quantitative estimate of drug-likeness (QED) is 0.300. The van der Waals surface area contributed by atoms with Gasteiger partial charge in [-0.1, -0.05) is 29.8 Å². The molecule has 5 heterocycles. The molecule has 5 aromatic rings. The maximum absolute atomic E-state index is 13.8. The predicted molar refractivity (Wildman–Crippen MR) is 151 cm³/mol. The van der Waals surface area contributed by atoms with Crippen molar-refractivity contribution in [3.63, 3.8) is 0 Å². The molecular weight excluding hydrogens is 530 g/mol. The zero-order chi connectivity index (χ0) is 27.4. The van der Waals surface area contributed by atoms with E-state index in [2.05, 4.69) is 0 Å². The molecule has 0 N–H and O–H groups in total. The summed E-state index contributed by atoms with van der Waals surface area (Å²) < 4.78 is 15.3.